The smallest absolute Gasteiger partial charge is 0.379 e. The normalized spacial score (nSPS) is 18.0. The molecule has 0 aromatic carbocycles. The van der Waals surface area contributed by atoms with E-state index in [4.69, 9.17) is 4.74 Å². The lowest BCUT2D eigenvalue weighted by atomic mass is 10.0. The molecule has 0 aliphatic carbocycles. The minimum absolute atomic E-state index is 0.00769. The first kappa shape index (κ1) is 31.1. The summed E-state index contributed by atoms with van der Waals surface area (Å²) in [5.41, 5.74) is -4.17. The Bertz CT molecular complexity index is 1370. The number of nitrogens with one attached hydrogen (secondary N) is 2. The van der Waals surface area contributed by atoms with Crippen LogP contribution in [0.5, 0.6) is 0 Å². The first-order valence-electron chi connectivity index (χ1n) is 13.1. The van der Waals surface area contributed by atoms with Crippen molar-refractivity contribution in [3.05, 3.63) is 39.9 Å². The SMILES string of the molecule is CCCN1C(=O)[C@@H]2CN(C(=O)CCOC[C@H](C)Nc3cn[nH]c(=O)c3C(F)(F)F)CCN2c2ncc(C(F)(F)F)cc21. The second-order valence-corrected chi connectivity index (χ2v) is 9.96. The minimum Gasteiger partial charge on any atom is -0.379 e. The van der Waals surface area contributed by atoms with Gasteiger partial charge in [-0.05, 0) is 19.4 Å². The number of alkyl halides is 6. The molecule has 0 unspecified atom stereocenters. The van der Waals surface area contributed by atoms with Crippen LogP contribution in [0.4, 0.5) is 43.5 Å². The summed E-state index contributed by atoms with van der Waals surface area (Å²) in [7, 11) is 0. The number of aromatic amines is 1. The van der Waals surface area contributed by atoms with E-state index in [1.165, 1.54) is 16.7 Å². The van der Waals surface area contributed by atoms with Gasteiger partial charge in [0.2, 0.25) is 5.91 Å². The molecule has 2 aliphatic heterocycles. The molecule has 2 aromatic heterocycles. The molecule has 1 fully saturated rings. The summed E-state index contributed by atoms with van der Waals surface area (Å²) in [6.07, 6.45) is -7.51. The van der Waals surface area contributed by atoms with Crippen LogP contribution in [-0.4, -0.2) is 83.4 Å². The number of carbonyl (C=O) groups excluding carboxylic acids is 2. The highest BCUT2D eigenvalue weighted by Gasteiger charge is 2.44. The van der Waals surface area contributed by atoms with Crippen LogP contribution >= 0.6 is 0 Å². The predicted octanol–water partition coefficient (Wildman–Crippen LogP) is 2.88. The van der Waals surface area contributed by atoms with E-state index in [0.29, 0.717) is 6.42 Å². The van der Waals surface area contributed by atoms with Crippen molar-refractivity contribution in [2.24, 2.45) is 0 Å². The van der Waals surface area contributed by atoms with Crippen molar-refractivity contribution < 1.29 is 40.7 Å². The molecule has 1 saturated heterocycles. The van der Waals surface area contributed by atoms with Gasteiger partial charge >= 0.3 is 12.4 Å². The van der Waals surface area contributed by atoms with Crippen LogP contribution in [0.2, 0.25) is 0 Å². The summed E-state index contributed by atoms with van der Waals surface area (Å²) in [4.78, 5) is 46.2. The van der Waals surface area contributed by atoms with Gasteiger partial charge in [-0.25, -0.2) is 10.1 Å². The topological polar surface area (TPSA) is 124 Å². The van der Waals surface area contributed by atoms with Gasteiger partial charge < -0.3 is 24.8 Å². The van der Waals surface area contributed by atoms with Crippen molar-refractivity contribution in [3.8, 4) is 0 Å². The van der Waals surface area contributed by atoms with E-state index in [1.54, 1.807) is 16.9 Å². The van der Waals surface area contributed by atoms with E-state index < -0.39 is 52.7 Å². The molecular weight excluding hydrogens is 576 g/mol. The molecule has 230 valence electrons. The summed E-state index contributed by atoms with van der Waals surface area (Å²) >= 11 is 0. The van der Waals surface area contributed by atoms with Crippen LogP contribution in [0.1, 0.15) is 37.8 Å². The summed E-state index contributed by atoms with van der Waals surface area (Å²) in [6, 6.07) is -0.558. The summed E-state index contributed by atoms with van der Waals surface area (Å²) in [6.45, 7) is 3.75. The third-order valence-corrected chi connectivity index (χ3v) is 6.84. The zero-order valence-corrected chi connectivity index (χ0v) is 22.7. The molecule has 4 heterocycles. The molecule has 2 atom stereocenters. The van der Waals surface area contributed by atoms with E-state index >= 15 is 0 Å². The monoisotopic (exact) mass is 605 g/mol. The second kappa shape index (κ2) is 12.1. The Labute approximate surface area is 235 Å². The number of ether oxygens (including phenoxy) is 1. The van der Waals surface area contributed by atoms with Crippen molar-refractivity contribution in [2.45, 2.75) is 51.1 Å². The van der Waals surface area contributed by atoms with Crippen molar-refractivity contribution in [3.63, 3.8) is 0 Å². The molecule has 11 nitrogen and oxygen atoms in total. The molecule has 0 bridgehead atoms. The molecule has 2 N–H and O–H groups in total. The zero-order valence-electron chi connectivity index (χ0n) is 22.7. The maximum Gasteiger partial charge on any atom is 0.423 e. The maximum absolute atomic E-state index is 13.3. The number of carbonyl (C=O) groups is 2. The molecule has 2 aliphatic rings. The summed E-state index contributed by atoms with van der Waals surface area (Å²) in [5.74, 6) is -0.497. The third kappa shape index (κ3) is 6.60. The van der Waals surface area contributed by atoms with Crippen molar-refractivity contribution >= 4 is 29.0 Å². The fourth-order valence-electron chi connectivity index (χ4n) is 4.92. The third-order valence-electron chi connectivity index (χ3n) is 6.84. The van der Waals surface area contributed by atoms with Gasteiger partial charge in [0.25, 0.3) is 11.5 Å². The van der Waals surface area contributed by atoms with Crippen LogP contribution in [0, 0.1) is 0 Å². The lowest BCUT2D eigenvalue weighted by Crippen LogP contribution is -2.64. The Morgan fingerprint density at radius 3 is 2.57 bits per heavy atom. The Kier molecular flexibility index (Phi) is 8.98. The van der Waals surface area contributed by atoms with Gasteiger partial charge in [-0.15, -0.1) is 0 Å². The number of halogens is 6. The van der Waals surface area contributed by atoms with E-state index in [2.05, 4.69) is 15.4 Å². The van der Waals surface area contributed by atoms with Crippen molar-refractivity contribution in [1.82, 2.24) is 20.1 Å². The predicted molar refractivity (Wildman–Crippen MR) is 138 cm³/mol. The first-order chi connectivity index (χ1) is 19.7. The average Bonchev–Trinajstić information content (AvgIpc) is 2.91. The Balaban J connectivity index is 1.34. The van der Waals surface area contributed by atoms with Gasteiger partial charge in [0.15, 0.2) is 5.82 Å². The van der Waals surface area contributed by atoms with Crippen LogP contribution in [-0.2, 0) is 26.7 Å². The van der Waals surface area contributed by atoms with Crippen molar-refractivity contribution in [2.75, 3.05) is 54.5 Å². The van der Waals surface area contributed by atoms with E-state index in [-0.39, 0.29) is 63.2 Å². The molecule has 42 heavy (non-hydrogen) atoms. The fourth-order valence-corrected chi connectivity index (χ4v) is 4.92. The van der Waals surface area contributed by atoms with Gasteiger partial charge in [-0.3, -0.25) is 14.4 Å². The fraction of sp³-hybridized carbons (Fsp3) is 0.560. The largest absolute Gasteiger partial charge is 0.423 e. The maximum atomic E-state index is 13.3. The van der Waals surface area contributed by atoms with Gasteiger partial charge in [0, 0.05) is 31.9 Å². The number of aromatic nitrogens is 3. The average molecular weight is 606 g/mol. The second-order valence-electron chi connectivity index (χ2n) is 9.96. The number of fused-ring (bicyclic) bond motifs is 3. The molecule has 0 radical (unpaired) electrons. The lowest BCUT2D eigenvalue weighted by molar-refractivity contribution is -0.138. The molecule has 2 amide bonds. The molecular formula is C25H29F6N7O4. The number of pyridine rings is 1. The number of nitrogens with zero attached hydrogens (tertiary/aromatic N) is 5. The standard InChI is InChI=1S/C25H29F6N7O4/c1-3-5-38-17-9-15(24(26,27)28)10-32-21(17)37-7-6-36(12-18(37)23(38)41)19(39)4-8-42-13-14(2)34-16-11-33-35-22(40)20(16)25(29,30)31/h9-11,14,18H,3-8,12-13H2,1-2H3,(H2,34,35,40)/t14-,18-/m0/s1. The summed E-state index contributed by atoms with van der Waals surface area (Å²) < 4.78 is 85.1. The molecule has 2 aromatic rings. The number of hydrogen-bond donors (Lipinski definition) is 2. The van der Waals surface area contributed by atoms with Crippen LogP contribution < -0.4 is 20.7 Å². The Morgan fingerprint density at radius 2 is 1.90 bits per heavy atom. The van der Waals surface area contributed by atoms with Crippen LogP contribution in [0.15, 0.2) is 23.3 Å². The lowest BCUT2D eigenvalue weighted by Gasteiger charge is -2.47. The van der Waals surface area contributed by atoms with Gasteiger partial charge in [0.05, 0.1) is 49.3 Å². The Hall–Kier alpha value is -3.89. The molecule has 4 rings (SSSR count). The highest BCUT2D eigenvalue weighted by atomic mass is 19.4. The van der Waals surface area contributed by atoms with Crippen LogP contribution in [0.3, 0.4) is 0 Å². The molecule has 17 heteroatoms. The highest BCUT2D eigenvalue weighted by Crippen LogP contribution is 2.40. The highest BCUT2D eigenvalue weighted by molar-refractivity contribution is 6.05. The van der Waals surface area contributed by atoms with E-state index in [9.17, 15) is 40.7 Å². The minimum atomic E-state index is -4.90. The number of H-pyrrole nitrogens is 1. The van der Waals surface area contributed by atoms with Gasteiger partial charge in [-0.2, -0.15) is 31.4 Å². The van der Waals surface area contributed by atoms with E-state index in [1.807, 2.05) is 0 Å². The Morgan fingerprint density at radius 1 is 1.17 bits per heavy atom. The van der Waals surface area contributed by atoms with Gasteiger partial charge in [0.1, 0.15) is 11.6 Å². The summed E-state index contributed by atoms with van der Waals surface area (Å²) in [5, 5.41) is 7.68. The first-order valence-corrected chi connectivity index (χ1v) is 13.1. The van der Waals surface area contributed by atoms with Gasteiger partial charge in [-0.1, -0.05) is 6.92 Å². The van der Waals surface area contributed by atoms with Crippen molar-refractivity contribution in [1.29, 1.82) is 0 Å². The van der Waals surface area contributed by atoms with E-state index in [0.717, 1.165) is 18.5 Å². The number of amides is 2. The zero-order chi connectivity index (χ0) is 30.8. The quantitative estimate of drug-likeness (QED) is 0.331. The number of hydrogen-bond acceptors (Lipinski definition) is 8. The number of piperazine rings is 1. The molecule has 0 spiro atoms. The number of anilines is 3. The molecule has 0 saturated carbocycles. The van der Waals surface area contributed by atoms with Crippen LogP contribution in [0.25, 0.3) is 0 Å². The number of rotatable bonds is 9.